The van der Waals surface area contributed by atoms with Crippen LogP contribution >= 0.6 is 0 Å². The molecule has 3 rings (SSSR count). The average molecular weight is 603 g/mol. The third kappa shape index (κ3) is 10.5. The molecule has 0 saturated carbocycles. The van der Waals surface area contributed by atoms with Gasteiger partial charge in [-0.2, -0.15) is 0 Å². The van der Waals surface area contributed by atoms with E-state index in [1.165, 1.54) is 4.90 Å². The highest BCUT2D eigenvalue weighted by Crippen LogP contribution is 2.28. The highest BCUT2D eigenvalue weighted by Gasteiger charge is 2.44. The number of amides is 3. The third-order valence-corrected chi connectivity index (χ3v) is 7.28. The van der Waals surface area contributed by atoms with Gasteiger partial charge in [0.15, 0.2) is 0 Å². The first kappa shape index (κ1) is 34.3. The maximum atomic E-state index is 14.5. The molecule has 0 radical (unpaired) electrons. The molecule has 1 aromatic heterocycles. The van der Waals surface area contributed by atoms with Crippen molar-refractivity contribution in [1.29, 1.82) is 0 Å². The molecule has 0 bridgehead atoms. The lowest BCUT2D eigenvalue weighted by Gasteiger charge is -2.39. The fraction of sp³-hybridized carbons (Fsp3) is 0.429. The van der Waals surface area contributed by atoms with Gasteiger partial charge in [-0.15, -0.1) is 0 Å². The Kier molecular flexibility index (Phi) is 12.0. The molecule has 1 heterocycles. The number of rotatable bonds is 14. The molecule has 236 valence electrons. The Hall–Kier alpha value is -4.24. The molecule has 44 heavy (non-hydrogen) atoms. The molecule has 0 saturated heterocycles. The van der Waals surface area contributed by atoms with E-state index in [4.69, 9.17) is 10.5 Å². The first-order valence-corrected chi connectivity index (χ1v) is 15.1. The molecule has 0 spiro atoms. The van der Waals surface area contributed by atoms with Crippen molar-refractivity contribution in [2.24, 2.45) is 11.7 Å². The number of pyridine rings is 1. The number of nitrogens with one attached hydrogen (secondary N) is 1. The minimum atomic E-state index is -1.92. The van der Waals surface area contributed by atoms with E-state index in [0.717, 1.165) is 11.1 Å². The number of nitrogens with zero attached hydrogens (tertiary/aromatic N) is 2. The van der Waals surface area contributed by atoms with Gasteiger partial charge in [-0.05, 0) is 68.7 Å². The fourth-order valence-electron chi connectivity index (χ4n) is 5.31. The number of aliphatic hydroxyl groups is 1. The van der Waals surface area contributed by atoms with Crippen molar-refractivity contribution < 1.29 is 24.2 Å². The molecule has 3 unspecified atom stereocenters. The summed E-state index contributed by atoms with van der Waals surface area (Å²) in [6.07, 6.45) is 3.39. The number of carbonyl (C=O) groups is 3. The van der Waals surface area contributed by atoms with E-state index < -0.39 is 41.2 Å². The van der Waals surface area contributed by atoms with Gasteiger partial charge in [-0.25, -0.2) is 4.79 Å². The first-order chi connectivity index (χ1) is 20.8. The van der Waals surface area contributed by atoms with Gasteiger partial charge in [0.1, 0.15) is 17.2 Å². The first-order valence-electron chi connectivity index (χ1n) is 15.1. The second-order valence-electron chi connectivity index (χ2n) is 12.7. The lowest BCUT2D eigenvalue weighted by molar-refractivity contribution is -0.159. The lowest BCUT2D eigenvalue weighted by atomic mass is 9.85. The van der Waals surface area contributed by atoms with Gasteiger partial charge >= 0.3 is 6.09 Å². The largest absolute Gasteiger partial charge is 0.444 e. The molecule has 0 aliphatic rings. The molecule has 0 aliphatic heterocycles. The number of alkyl carbamates (subject to hydrolysis) is 1. The minimum absolute atomic E-state index is 0.00113. The second kappa shape index (κ2) is 15.5. The zero-order valence-electron chi connectivity index (χ0n) is 26.4. The van der Waals surface area contributed by atoms with Crippen LogP contribution in [0.15, 0.2) is 85.2 Å². The number of benzene rings is 2. The number of primary amides is 1. The Labute approximate surface area is 260 Å². The summed E-state index contributed by atoms with van der Waals surface area (Å²) in [6.45, 7) is 9.04. The quantitative estimate of drug-likeness (QED) is 0.242. The lowest BCUT2D eigenvalue weighted by Crippen LogP contribution is -2.58. The molecule has 3 amide bonds. The number of hydrogen-bond donors (Lipinski definition) is 3. The van der Waals surface area contributed by atoms with Crippen LogP contribution in [0.4, 0.5) is 4.79 Å². The van der Waals surface area contributed by atoms with Crippen LogP contribution in [0.2, 0.25) is 0 Å². The van der Waals surface area contributed by atoms with Crippen molar-refractivity contribution in [1.82, 2.24) is 15.2 Å². The smallest absolute Gasteiger partial charge is 0.407 e. The number of ether oxygens (including phenoxy) is 1. The molecular formula is C35H46N4O5. The zero-order chi connectivity index (χ0) is 32.3. The van der Waals surface area contributed by atoms with E-state index in [2.05, 4.69) is 10.3 Å². The maximum Gasteiger partial charge on any atom is 0.407 e. The molecule has 3 aromatic rings. The molecule has 9 heteroatoms. The molecular weight excluding hydrogens is 556 g/mol. The number of nitrogens with two attached hydrogens (primary N) is 1. The summed E-state index contributed by atoms with van der Waals surface area (Å²) in [5, 5.41) is 15.3. The van der Waals surface area contributed by atoms with E-state index >= 15 is 0 Å². The van der Waals surface area contributed by atoms with Crippen LogP contribution in [0.25, 0.3) is 0 Å². The Bertz CT molecular complexity index is 1350. The summed E-state index contributed by atoms with van der Waals surface area (Å²) in [5.74, 6) is -1.58. The van der Waals surface area contributed by atoms with Gasteiger partial charge in [0.25, 0.3) is 5.91 Å². The Balaban J connectivity index is 1.99. The van der Waals surface area contributed by atoms with E-state index in [-0.39, 0.29) is 31.7 Å². The molecule has 2 aromatic carbocycles. The highest BCUT2D eigenvalue weighted by molar-refractivity contribution is 5.91. The summed E-state index contributed by atoms with van der Waals surface area (Å²) in [4.78, 5) is 45.6. The standard InChI is InChI=1S/C35H46N4O5/c1-25(2)30(31(36)40)39(24-28-17-12-20-37-23-28)32(41)35(43,22-27-15-10-7-11-16-27)19-18-29(21-26-13-8-6-9-14-26)38-33(42)44-34(3,4)5/h6-17,20,23,25,29-30,43H,18-19,21-22,24H2,1-5H3,(H2,36,40)(H,38,42). The van der Waals surface area contributed by atoms with Crippen LogP contribution < -0.4 is 11.1 Å². The van der Waals surface area contributed by atoms with Gasteiger partial charge in [-0.3, -0.25) is 14.6 Å². The summed E-state index contributed by atoms with van der Waals surface area (Å²) in [6, 6.07) is 21.0. The molecule has 0 fully saturated rings. The predicted octanol–water partition coefficient (Wildman–Crippen LogP) is 4.81. The van der Waals surface area contributed by atoms with Crippen LogP contribution in [-0.4, -0.2) is 56.2 Å². The topological polar surface area (TPSA) is 135 Å². The molecule has 4 N–H and O–H groups in total. The van der Waals surface area contributed by atoms with Crippen LogP contribution in [0.1, 0.15) is 64.2 Å². The number of hydrogen-bond acceptors (Lipinski definition) is 6. The number of carbonyl (C=O) groups excluding carboxylic acids is 3. The number of aromatic nitrogens is 1. The summed E-state index contributed by atoms with van der Waals surface area (Å²) in [7, 11) is 0. The van der Waals surface area contributed by atoms with Gasteiger partial charge in [0.05, 0.1) is 0 Å². The van der Waals surface area contributed by atoms with Gasteiger partial charge in [0.2, 0.25) is 5.91 Å². The summed E-state index contributed by atoms with van der Waals surface area (Å²) >= 11 is 0. The Morgan fingerprint density at radius 1 is 0.932 bits per heavy atom. The van der Waals surface area contributed by atoms with E-state index in [9.17, 15) is 19.5 Å². The second-order valence-corrected chi connectivity index (χ2v) is 12.7. The van der Waals surface area contributed by atoms with Crippen LogP contribution in [0.5, 0.6) is 0 Å². The highest BCUT2D eigenvalue weighted by atomic mass is 16.6. The van der Waals surface area contributed by atoms with Crippen LogP contribution in [-0.2, 0) is 33.7 Å². The van der Waals surface area contributed by atoms with Crippen molar-refractivity contribution in [2.45, 2.75) is 90.1 Å². The summed E-state index contributed by atoms with van der Waals surface area (Å²) in [5.41, 5.74) is 5.67. The molecule has 3 atom stereocenters. The molecule has 9 nitrogen and oxygen atoms in total. The fourth-order valence-corrected chi connectivity index (χ4v) is 5.31. The molecule has 0 aliphatic carbocycles. The third-order valence-electron chi connectivity index (χ3n) is 7.28. The SMILES string of the molecule is CC(C)C(C(N)=O)N(Cc1cccnc1)C(=O)C(O)(CCC(Cc1ccccc1)NC(=O)OC(C)(C)C)Cc1ccccc1. The Morgan fingerprint density at radius 2 is 1.52 bits per heavy atom. The minimum Gasteiger partial charge on any atom is -0.444 e. The monoisotopic (exact) mass is 602 g/mol. The van der Waals surface area contributed by atoms with Gasteiger partial charge < -0.3 is 25.8 Å². The van der Waals surface area contributed by atoms with E-state index in [1.54, 1.807) is 39.2 Å². The van der Waals surface area contributed by atoms with E-state index in [0.29, 0.717) is 12.0 Å². The normalized spacial score (nSPS) is 14.2. The zero-order valence-corrected chi connectivity index (χ0v) is 26.4. The van der Waals surface area contributed by atoms with E-state index in [1.807, 2.05) is 80.6 Å². The van der Waals surface area contributed by atoms with Crippen LogP contribution in [0, 0.1) is 5.92 Å². The van der Waals surface area contributed by atoms with Crippen LogP contribution in [0.3, 0.4) is 0 Å². The van der Waals surface area contributed by atoms with Crippen molar-refractivity contribution in [3.05, 3.63) is 102 Å². The van der Waals surface area contributed by atoms with Gasteiger partial charge in [-0.1, -0.05) is 80.6 Å². The summed E-state index contributed by atoms with van der Waals surface area (Å²) < 4.78 is 5.52. The average Bonchev–Trinajstić information content (AvgIpc) is 2.95. The van der Waals surface area contributed by atoms with Gasteiger partial charge in [0, 0.05) is 31.4 Å². The predicted molar refractivity (Wildman–Crippen MR) is 170 cm³/mol. The maximum absolute atomic E-state index is 14.5. The van der Waals surface area contributed by atoms with Crippen molar-refractivity contribution in [3.8, 4) is 0 Å². The van der Waals surface area contributed by atoms with Crippen molar-refractivity contribution in [2.75, 3.05) is 0 Å². The Morgan fingerprint density at radius 3 is 2.05 bits per heavy atom. The van der Waals surface area contributed by atoms with Crippen molar-refractivity contribution >= 4 is 17.9 Å². The van der Waals surface area contributed by atoms with Crippen molar-refractivity contribution in [3.63, 3.8) is 0 Å².